The smallest absolute Gasteiger partial charge is 0.255 e. The van der Waals surface area contributed by atoms with Crippen LogP contribution >= 0.6 is 11.6 Å². The molecule has 30 heavy (non-hydrogen) atoms. The van der Waals surface area contributed by atoms with Gasteiger partial charge in [0.15, 0.2) is 0 Å². The molecule has 2 aromatic carbocycles. The fraction of sp³-hybridized carbons (Fsp3) is 0.318. The van der Waals surface area contributed by atoms with Crippen LogP contribution in [0.5, 0.6) is 0 Å². The molecule has 0 saturated carbocycles. The molecule has 0 spiro atoms. The second-order valence-electron chi connectivity index (χ2n) is 7.12. The maximum atomic E-state index is 13.2. The van der Waals surface area contributed by atoms with Gasteiger partial charge < -0.3 is 15.1 Å². The average molecular weight is 432 g/mol. The molecule has 2 aromatic rings. The van der Waals surface area contributed by atoms with Gasteiger partial charge in [-0.05, 0) is 36.8 Å². The second-order valence-corrected chi connectivity index (χ2v) is 7.53. The Morgan fingerprint density at radius 2 is 1.67 bits per heavy atom. The highest BCUT2D eigenvalue weighted by Crippen LogP contribution is 2.20. The van der Waals surface area contributed by atoms with Crippen molar-refractivity contribution in [1.29, 1.82) is 0 Å². The molecule has 1 saturated heterocycles. The number of nitrogens with one attached hydrogen (secondary N) is 1. The van der Waals surface area contributed by atoms with E-state index in [4.69, 9.17) is 11.6 Å². The summed E-state index contributed by atoms with van der Waals surface area (Å²) in [5.41, 5.74) is 1.72. The van der Waals surface area contributed by atoms with E-state index in [1.54, 1.807) is 21.9 Å². The summed E-state index contributed by atoms with van der Waals surface area (Å²) in [4.78, 5) is 40.5. The third kappa shape index (κ3) is 5.16. The Bertz CT molecular complexity index is 958. The minimum absolute atomic E-state index is 0.0721. The van der Waals surface area contributed by atoms with Crippen molar-refractivity contribution in [3.05, 3.63) is 70.0 Å². The van der Waals surface area contributed by atoms with Gasteiger partial charge in [0.05, 0.1) is 10.6 Å². The van der Waals surface area contributed by atoms with Crippen LogP contribution in [0.3, 0.4) is 0 Å². The number of carbonyl (C=O) groups excluding carboxylic acids is 3. The number of aryl methyl sites for hydroxylation is 1. The number of benzene rings is 2. The molecule has 0 bridgehead atoms. The van der Waals surface area contributed by atoms with Crippen LogP contribution in [0.15, 0.2) is 42.5 Å². The molecule has 6 nitrogen and oxygen atoms in total. The number of piperazine rings is 1. The van der Waals surface area contributed by atoms with Gasteiger partial charge in [0, 0.05) is 44.7 Å². The van der Waals surface area contributed by atoms with Gasteiger partial charge in [-0.2, -0.15) is 0 Å². The largest absolute Gasteiger partial charge is 0.352 e. The van der Waals surface area contributed by atoms with E-state index >= 15 is 0 Å². The second kappa shape index (κ2) is 9.71. The third-order valence-corrected chi connectivity index (χ3v) is 5.41. The van der Waals surface area contributed by atoms with Crippen molar-refractivity contribution in [2.75, 3.05) is 32.7 Å². The molecule has 3 amide bonds. The van der Waals surface area contributed by atoms with Crippen molar-refractivity contribution < 1.29 is 18.8 Å². The van der Waals surface area contributed by atoms with E-state index < -0.39 is 5.82 Å². The molecule has 1 aliphatic heterocycles. The zero-order valence-corrected chi connectivity index (χ0v) is 17.4. The van der Waals surface area contributed by atoms with Crippen molar-refractivity contribution in [3.63, 3.8) is 0 Å². The van der Waals surface area contributed by atoms with E-state index in [1.165, 1.54) is 12.1 Å². The van der Waals surface area contributed by atoms with E-state index in [-0.39, 0.29) is 41.3 Å². The molecule has 0 atom stereocenters. The number of halogens is 2. The first kappa shape index (κ1) is 21.8. The Morgan fingerprint density at radius 3 is 2.33 bits per heavy atom. The van der Waals surface area contributed by atoms with Crippen molar-refractivity contribution in [1.82, 2.24) is 15.1 Å². The van der Waals surface area contributed by atoms with Crippen molar-refractivity contribution in [2.24, 2.45) is 0 Å². The van der Waals surface area contributed by atoms with Gasteiger partial charge in [0.1, 0.15) is 5.82 Å². The third-order valence-electron chi connectivity index (χ3n) is 5.10. The lowest BCUT2D eigenvalue weighted by Crippen LogP contribution is -2.51. The summed E-state index contributed by atoms with van der Waals surface area (Å²) < 4.78 is 13.2. The molecule has 0 unspecified atom stereocenters. The van der Waals surface area contributed by atoms with Crippen LogP contribution in [0.25, 0.3) is 0 Å². The van der Waals surface area contributed by atoms with Gasteiger partial charge in [-0.25, -0.2) is 4.39 Å². The average Bonchev–Trinajstić information content (AvgIpc) is 2.73. The van der Waals surface area contributed by atoms with Gasteiger partial charge in [-0.15, -0.1) is 0 Å². The molecule has 1 heterocycles. The van der Waals surface area contributed by atoms with Crippen molar-refractivity contribution in [3.8, 4) is 0 Å². The van der Waals surface area contributed by atoms with Crippen LogP contribution in [0.2, 0.25) is 5.02 Å². The van der Waals surface area contributed by atoms with E-state index in [9.17, 15) is 18.8 Å². The molecular formula is C22H23ClFN3O3. The number of hydrogen-bond donors (Lipinski definition) is 1. The first-order valence-corrected chi connectivity index (χ1v) is 10.1. The van der Waals surface area contributed by atoms with Crippen LogP contribution in [-0.4, -0.2) is 60.2 Å². The summed E-state index contributed by atoms with van der Waals surface area (Å²) in [7, 11) is 0. The number of rotatable bonds is 5. The summed E-state index contributed by atoms with van der Waals surface area (Å²) in [6, 6.07) is 11.0. The lowest BCUT2D eigenvalue weighted by Gasteiger charge is -2.35. The van der Waals surface area contributed by atoms with E-state index in [2.05, 4.69) is 5.32 Å². The summed E-state index contributed by atoms with van der Waals surface area (Å²) in [5.74, 6) is -1.06. The van der Waals surface area contributed by atoms with Crippen LogP contribution < -0.4 is 5.32 Å². The van der Waals surface area contributed by atoms with Crippen molar-refractivity contribution >= 4 is 29.3 Å². The van der Waals surface area contributed by atoms with Crippen LogP contribution in [0.4, 0.5) is 4.39 Å². The van der Waals surface area contributed by atoms with Crippen molar-refractivity contribution in [2.45, 2.75) is 13.3 Å². The lowest BCUT2D eigenvalue weighted by molar-refractivity contribution is -0.132. The molecule has 1 aliphatic rings. The SMILES string of the molecule is Cc1ccccc1C(=O)NCCC(=O)N1CCN(C(=O)c2ccc(F)cc2Cl)CC1. The first-order valence-electron chi connectivity index (χ1n) is 9.72. The van der Waals surface area contributed by atoms with Gasteiger partial charge in [-0.3, -0.25) is 14.4 Å². The fourth-order valence-electron chi connectivity index (χ4n) is 3.36. The Kier molecular flexibility index (Phi) is 7.05. The molecule has 0 radical (unpaired) electrons. The summed E-state index contributed by atoms with van der Waals surface area (Å²) in [6.07, 6.45) is 0.190. The summed E-state index contributed by atoms with van der Waals surface area (Å²) in [5, 5.41) is 2.84. The molecule has 0 aromatic heterocycles. The highest BCUT2D eigenvalue weighted by Gasteiger charge is 2.26. The normalized spacial score (nSPS) is 13.8. The molecule has 0 aliphatic carbocycles. The standard InChI is InChI=1S/C22H23ClFN3O3/c1-15-4-2-3-5-17(15)21(29)25-9-8-20(28)26-10-12-27(13-11-26)22(30)18-7-6-16(24)14-19(18)23/h2-7,14H,8-13H2,1H3,(H,25,29). The highest BCUT2D eigenvalue weighted by molar-refractivity contribution is 6.33. The van der Waals surface area contributed by atoms with Crippen LogP contribution in [-0.2, 0) is 4.79 Å². The Hall–Kier alpha value is -2.93. The predicted molar refractivity (Wildman–Crippen MR) is 112 cm³/mol. The highest BCUT2D eigenvalue weighted by atomic mass is 35.5. The molecule has 3 rings (SSSR count). The van der Waals surface area contributed by atoms with Gasteiger partial charge in [0.2, 0.25) is 5.91 Å². The number of amides is 3. The number of nitrogens with zero attached hydrogens (tertiary/aromatic N) is 2. The molecular weight excluding hydrogens is 409 g/mol. The summed E-state index contributed by atoms with van der Waals surface area (Å²) in [6.45, 7) is 3.64. The van der Waals surface area contributed by atoms with Gasteiger partial charge in [0.25, 0.3) is 11.8 Å². The number of hydrogen-bond acceptors (Lipinski definition) is 3. The Labute approximate surface area is 179 Å². The lowest BCUT2D eigenvalue weighted by atomic mass is 10.1. The van der Waals surface area contributed by atoms with E-state index in [1.807, 2.05) is 19.1 Å². The Balaban J connectivity index is 1.45. The monoisotopic (exact) mass is 431 g/mol. The minimum Gasteiger partial charge on any atom is -0.352 e. The van der Waals surface area contributed by atoms with Crippen LogP contribution in [0, 0.1) is 12.7 Å². The van der Waals surface area contributed by atoms with E-state index in [0.717, 1.165) is 11.6 Å². The van der Waals surface area contributed by atoms with Gasteiger partial charge in [-0.1, -0.05) is 29.8 Å². The minimum atomic E-state index is -0.499. The molecule has 158 valence electrons. The quantitative estimate of drug-likeness (QED) is 0.791. The predicted octanol–water partition coefficient (Wildman–Crippen LogP) is 2.89. The van der Waals surface area contributed by atoms with E-state index in [0.29, 0.717) is 31.7 Å². The molecule has 8 heteroatoms. The van der Waals surface area contributed by atoms with Gasteiger partial charge >= 0.3 is 0 Å². The zero-order valence-electron chi connectivity index (χ0n) is 16.7. The molecule has 1 fully saturated rings. The Morgan fingerprint density at radius 1 is 1.00 bits per heavy atom. The maximum Gasteiger partial charge on any atom is 0.255 e. The molecule has 1 N–H and O–H groups in total. The first-order chi connectivity index (χ1) is 14.4. The topological polar surface area (TPSA) is 69.7 Å². The fourth-order valence-corrected chi connectivity index (χ4v) is 3.60. The zero-order chi connectivity index (χ0) is 21.7. The number of carbonyl (C=O) groups is 3. The summed E-state index contributed by atoms with van der Waals surface area (Å²) >= 11 is 5.97. The van der Waals surface area contributed by atoms with Crippen LogP contribution in [0.1, 0.15) is 32.7 Å². The maximum absolute atomic E-state index is 13.2.